The van der Waals surface area contributed by atoms with E-state index in [0.29, 0.717) is 0 Å². The Hall–Kier alpha value is -1.00. The van der Waals surface area contributed by atoms with Crippen LogP contribution in [0, 0.1) is 0 Å². The second-order valence-corrected chi connectivity index (χ2v) is 6.70. The molecule has 1 unspecified atom stereocenters. The Morgan fingerprint density at radius 3 is 2.84 bits per heavy atom. The summed E-state index contributed by atoms with van der Waals surface area (Å²) >= 11 is 1.87. The van der Waals surface area contributed by atoms with Gasteiger partial charge in [0, 0.05) is 10.6 Å². The maximum atomic E-state index is 12.4. The number of rotatable bonds is 2. The highest BCUT2D eigenvalue weighted by atomic mass is 32.2. The van der Waals surface area contributed by atoms with E-state index in [0.717, 1.165) is 37.9 Å². The molecule has 4 heteroatoms. The molecular formula is C15H20N2OS. The molecule has 0 bridgehead atoms. The molecule has 2 aliphatic rings. The van der Waals surface area contributed by atoms with E-state index in [-0.39, 0.29) is 11.9 Å². The third-order valence-electron chi connectivity index (χ3n) is 4.21. The van der Waals surface area contributed by atoms with Crippen molar-refractivity contribution in [1.29, 1.82) is 0 Å². The summed E-state index contributed by atoms with van der Waals surface area (Å²) in [4.78, 5) is 13.7. The van der Waals surface area contributed by atoms with Crippen molar-refractivity contribution in [2.45, 2.75) is 48.6 Å². The molecule has 1 aromatic carbocycles. The van der Waals surface area contributed by atoms with E-state index in [4.69, 9.17) is 5.73 Å². The number of hydrogen-bond donors (Lipinski definition) is 2. The highest BCUT2D eigenvalue weighted by molar-refractivity contribution is 7.99. The SMILES string of the molecule is NC1(C(=O)NC2CCSc3ccccc32)CCCC1. The standard InChI is InChI=1S/C15H20N2OS/c16-15(8-3-4-9-15)14(18)17-12-7-10-19-13-6-2-1-5-11(12)13/h1-2,5-6,12H,3-4,7-10,16H2,(H,17,18). The minimum atomic E-state index is -0.625. The minimum absolute atomic E-state index is 0.0386. The van der Waals surface area contributed by atoms with Gasteiger partial charge in [0.25, 0.3) is 0 Å². The number of fused-ring (bicyclic) bond motifs is 1. The Labute approximate surface area is 118 Å². The van der Waals surface area contributed by atoms with Crippen LogP contribution >= 0.6 is 11.8 Å². The molecule has 3 N–H and O–H groups in total. The summed E-state index contributed by atoms with van der Waals surface area (Å²) in [5.74, 6) is 1.09. The number of carbonyl (C=O) groups excluding carboxylic acids is 1. The minimum Gasteiger partial charge on any atom is -0.348 e. The summed E-state index contributed by atoms with van der Waals surface area (Å²) in [5, 5.41) is 3.18. The predicted molar refractivity (Wildman–Crippen MR) is 78.1 cm³/mol. The van der Waals surface area contributed by atoms with Crippen molar-refractivity contribution < 1.29 is 4.79 Å². The second-order valence-electron chi connectivity index (χ2n) is 5.56. The highest BCUT2D eigenvalue weighted by Gasteiger charge is 2.38. The van der Waals surface area contributed by atoms with E-state index in [9.17, 15) is 4.79 Å². The maximum absolute atomic E-state index is 12.4. The van der Waals surface area contributed by atoms with Gasteiger partial charge in [-0.1, -0.05) is 31.0 Å². The molecule has 19 heavy (non-hydrogen) atoms. The number of thioether (sulfide) groups is 1. The topological polar surface area (TPSA) is 55.1 Å². The fraction of sp³-hybridized carbons (Fsp3) is 0.533. The zero-order valence-corrected chi connectivity index (χ0v) is 11.8. The number of nitrogens with one attached hydrogen (secondary N) is 1. The van der Waals surface area contributed by atoms with Gasteiger partial charge in [-0.2, -0.15) is 0 Å². The van der Waals surface area contributed by atoms with Gasteiger partial charge in [-0.15, -0.1) is 11.8 Å². The molecule has 1 aromatic rings. The van der Waals surface area contributed by atoms with Crippen molar-refractivity contribution in [3.8, 4) is 0 Å². The van der Waals surface area contributed by atoms with Gasteiger partial charge in [0.1, 0.15) is 0 Å². The van der Waals surface area contributed by atoms with E-state index in [1.54, 1.807) is 0 Å². The predicted octanol–water partition coefficient (Wildman–Crippen LogP) is 2.61. The summed E-state index contributed by atoms with van der Waals surface area (Å²) in [5.41, 5.74) is 6.84. The average Bonchev–Trinajstić information content (AvgIpc) is 2.87. The van der Waals surface area contributed by atoms with Gasteiger partial charge < -0.3 is 11.1 Å². The monoisotopic (exact) mass is 276 g/mol. The van der Waals surface area contributed by atoms with E-state index in [1.807, 2.05) is 17.8 Å². The summed E-state index contributed by atoms with van der Waals surface area (Å²) in [6.45, 7) is 0. The van der Waals surface area contributed by atoms with Crippen LogP contribution in [0.1, 0.15) is 43.7 Å². The Morgan fingerprint density at radius 1 is 1.32 bits per heavy atom. The lowest BCUT2D eigenvalue weighted by atomic mass is 9.96. The molecule has 1 saturated carbocycles. The smallest absolute Gasteiger partial charge is 0.240 e. The molecule has 1 aliphatic heterocycles. The molecule has 1 fully saturated rings. The first kappa shape index (κ1) is 13.0. The quantitative estimate of drug-likeness (QED) is 0.873. The van der Waals surface area contributed by atoms with Gasteiger partial charge in [-0.05, 0) is 30.9 Å². The Kier molecular flexibility index (Phi) is 3.54. The maximum Gasteiger partial charge on any atom is 0.240 e. The van der Waals surface area contributed by atoms with Crippen molar-refractivity contribution in [2.24, 2.45) is 5.73 Å². The summed E-state index contributed by atoms with van der Waals surface area (Å²) in [6, 6.07) is 8.47. The number of carbonyl (C=O) groups is 1. The van der Waals surface area contributed by atoms with Crippen LogP contribution in [-0.4, -0.2) is 17.2 Å². The number of hydrogen-bond acceptors (Lipinski definition) is 3. The molecule has 0 radical (unpaired) electrons. The molecule has 102 valence electrons. The average molecular weight is 276 g/mol. The molecular weight excluding hydrogens is 256 g/mol. The van der Waals surface area contributed by atoms with Crippen LogP contribution in [0.5, 0.6) is 0 Å². The molecule has 0 spiro atoms. The second kappa shape index (κ2) is 5.17. The van der Waals surface area contributed by atoms with Gasteiger partial charge in [0.2, 0.25) is 5.91 Å². The Bertz CT molecular complexity index is 483. The lowest BCUT2D eigenvalue weighted by molar-refractivity contribution is -0.127. The number of amides is 1. The van der Waals surface area contributed by atoms with E-state index in [1.165, 1.54) is 10.5 Å². The van der Waals surface area contributed by atoms with Crippen molar-refractivity contribution in [3.05, 3.63) is 29.8 Å². The molecule has 0 aromatic heterocycles. The fourth-order valence-corrected chi connectivity index (χ4v) is 4.15. The lowest BCUT2D eigenvalue weighted by Crippen LogP contribution is -2.52. The van der Waals surface area contributed by atoms with Gasteiger partial charge >= 0.3 is 0 Å². The third-order valence-corrected chi connectivity index (χ3v) is 5.33. The first-order chi connectivity index (χ1) is 9.19. The first-order valence-electron chi connectivity index (χ1n) is 7.01. The first-order valence-corrected chi connectivity index (χ1v) is 7.99. The van der Waals surface area contributed by atoms with Crippen molar-refractivity contribution in [1.82, 2.24) is 5.32 Å². The number of benzene rings is 1. The van der Waals surface area contributed by atoms with Gasteiger partial charge in [0.05, 0.1) is 11.6 Å². The van der Waals surface area contributed by atoms with E-state index >= 15 is 0 Å². The molecule has 1 aliphatic carbocycles. The van der Waals surface area contributed by atoms with Crippen LogP contribution < -0.4 is 11.1 Å². The molecule has 1 atom stereocenters. The van der Waals surface area contributed by atoms with Crippen LogP contribution in [0.15, 0.2) is 29.2 Å². The molecule has 3 rings (SSSR count). The summed E-state index contributed by atoms with van der Waals surface area (Å²) < 4.78 is 0. The number of nitrogens with two attached hydrogens (primary N) is 1. The van der Waals surface area contributed by atoms with Crippen molar-refractivity contribution in [2.75, 3.05) is 5.75 Å². The summed E-state index contributed by atoms with van der Waals surface area (Å²) in [6.07, 6.45) is 4.77. The molecule has 3 nitrogen and oxygen atoms in total. The van der Waals surface area contributed by atoms with Crippen LogP contribution in [0.4, 0.5) is 0 Å². The van der Waals surface area contributed by atoms with Crippen molar-refractivity contribution >= 4 is 17.7 Å². The van der Waals surface area contributed by atoms with E-state index in [2.05, 4.69) is 23.5 Å². The van der Waals surface area contributed by atoms with Crippen LogP contribution in [0.3, 0.4) is 0 Å². The zero-order chi connectivity index (χ0) is 13.3. The fourth-order valence-electron chi connectivity index (χ4n) is 3.03. The van der Waals surface area contributed by atoms with Crippen LogP contribution in [0.25, 0.3) is 0 Å². The molecule has 1 heterocycles. The Morgan fingerprint density at radius 2 is 2.05 bits per heavy atom. The third kappa shape index (κ3) is 2.51. The Balaban J connectivity index is 1.76. The van der Waals surface area contributed by atoms with Gasteiger partial charge in [-0.25, -0.2) is 0 Å². The summed E-state index contributed by atoms with van der Waals surface area (Å²) in [7, 11) is 0. The van der Waals surface area contributed by atoms with E-state index < -0.39 is 5.54 Å². The molecule has 1 amide bonds. The zero-order valence-electron chi connectivity index (χ0n) is 11.0. The van der Waals surface area contributed by atoms with Crippen molar-refractivity contribution in [3.63, 3.8) is 0 Å². The van der Waals surface area contributed by atoms with Gasteiger partial charge in [0.15, 0.2) is 0 Å². The van der Waals surface area contributed by atoms with Gasteiger partial charge in [-0.3, -0.25) is 4.79 Å². The lowest BCUT2D eigenvalue weighted by Gasteiger charge is -2.30. The largest absolute Gasteiger partial charge is 0.348 e. The van der Waals surface area contributed by atoms with Crippen LogP contribution in [0.2, 0.25) is 0 Å². The normalized spacial score (nSPS) is 24.8. The molecule has 0 saturated heterocycles. The van der Waals surface area contributed by atoms with Crippen LogP contribution in [-0.2, 0) is 4.79 Å². The highest BCUT2D eigenvalue weighted by Crippen LogP contribution is 2.36.